The minimum absolute atomic E-state index is 0.338. The van der Waals surface area contributed by atoms with E-state index >= 15 is 0 Å². The Kier molecular flexibility index (Phi) is 4.81. The van der Waals surface area contributed by atoms with Crippen molar-refractivity contribution in [2.45, 2.75) is 77.1 Å². The van der Waals surface area contributed by atoms with Crippen molar-refractivity contribution in [3.63, 3.8) is 0 Å². The second-order valence-corrected chi connectivity index (χ2v) is 11.2. The first-order chi connectivity index (χ1) is 7.33. The highest BCUT2D eigenvalue weighted by Crippen LogP contribution is 2.38. The smallest absolute Gasteiger partial charge is 0.192 e. The molecule has 2 heteroatoms. The van der Waals surface area contributed by atoms with Crippen LogP contribution in [0.25, 0.3) is 0 Å². The Labute approximate surface area is 102 Å². The van der Waals surface area contributed by atoms with Crippen molar-refractivity contribution < 1.29 is 4.43 Å². The van der Waals surface area contributed by atoms with Gasteiger partial charge in [-0.05, 0) is 50.2 Å². The number of allylic oxidation sites excluding steroid dienone is 2. The van der Waals surface area contributed by atoms with Crippen LogP contribution >= 0.6 is 0 Å². The standard InChI is InChI=1S/C14H28OSi/c1-14(2,3)16(4,5)15-13-11-9-7-6-8-10-12-13/h6-7,13H,8-12H2,1-5H3/b7-6-. The van der Waals surface area contributed by atoms with Gasteiger partial charge in [0, 0.05) is 6.10 Å². The third-order valence-electron chi connectivity index (χ3n) is 3.99. The van der Waals surface area contributed by atoms with E-state index in [4.69, 9.17) is 4.43 Å². The molecule has 0 heterocycles. The largest absolute Gasteiger partial charge is 0.414 e. The normalized spacial score (nSPS) is 25.9. The Bertz CT molecular complexity index is 238. The molecule has 0 aliphatic heterocycles. The lowest BCUT2D eigenvalue weighted by Crippen LogP contribution is -2.44. The molecule has 0 aromatic carbocycles. The summed E-state index contributed by atoms with van der Waals surface area (Å²) >= 11 is 0. The predicted molar refractivity (Wildman–Crippen MR) is 74.3 cm³/mol. The molecule has 94 valence electrons. The van der Waals surface area contributed by atoms with Crippen molar-refractivity contribution in [2.75, 3.05) is 0 Å². The summed E-state index contributed by atoms with van der Waals surface area (Å²) < 4.78 is 6.48. The molecule has 1 atom stereocenters. The van der Waals surface area contributed by atoms with Gasteiger partial charge in [-0.2, -0.15) is 0 Å². The van der Waals surface area contributed by atoms with E-state index in [1.165, 1.54) is 32.1 Å². The van der Waals surface area contributed by atoms with Crippen LogP contribution in [0.1, 0.15) is 52.9 Å². The molecule has 0 saturated heterocycles. The zero-order valence-corrected chi connectivity index (χ0v) is 12.7. The van der Waals surface area contributed by atoms with E-state index in [2.05, 4.69) is 46.0 Å². The lowest BCUT2D eigenvalue weighted by Gasteiger charge is -2.39. The van der Waals surface area contributed by atoms with E-state index in [1.807, 2.05) is 0 Å². The molecule has 0 spiro atoms. The quantitative estimate of drug-likeness (QED) is 0.493. The van der Waals surface area contributed by atoms with Crippen LogP contribution in [0.5, 0.6) is 0 Å². The van der Waals surface area contributed by atoms with Crippen LogP contribution in [0.15, 0.2) is 12.2 Å². The van der Waals surface area contributed by atoms with Crippen molar-refractivity contribution in [1.82, 2.24) is 0 Å². The molecule has 0 amide bonds. The van der Waals surface area contributed by atoms with Crippen LogP contribution < -0.4 is 0 Å². The minimum atomic E-state index is -1.56. The average molecular weight is 240 g/mol. The second kappa shape index (κ2) is 5.50. The fourth-order valence-electron chi connectivity index (χ4n) is 1.84. The molecular formula is C14H28OSi. The maximum Gasteiger partial charge on any atom is 0.192 e. The fourth-order valence-corrected chi connectivity index (χ4v) is 3.26. The molecule has 1 aliphatic rings. The van der Waals surface area contributed by atoms with Crippen LogP contribution in [0.4, 0.5) is 0 Å². The summed E-state index contributed by atoms with van der Waals surface area (Å²) in [4.78, 5) is 0. The van der Waals surface area contributed by atoms with E-state index in [9.17, 15) is 0 Å². The van der Waals surface area contributed by atoms with Gasteiger partial charge < -0.3 is 4.43 Å². The van der Waals surface area contributed by atoms with Crippen molar-refractivity contribution in [3.8, 4) is 0 Å². The van der Waals surface area contributed by atoms with E-state index < -0.39 is 8.32 Å². The molecule has 0 N–H and O–H groups in total. The molecule has 16 heavy (non-hydrogen) atoms. The maximum atomic E-state index is 6.48. The first-order valence-corrected chi connectivity index (χ1v) is 9.56. The molecule has 1 unspecified atom stereocenters. The zero-order chi connectivity index (χ0) is 12.2. The Hall–Kier alpha value is -0.0831. The molecule has 0 aromatic heterocycles. The Morgan fingerprint density at radius 1 is 1.06 bits per heavy atom. The third kappa shape index (κ3) is 4.06. The van der Waals surface area contributed by atoms with Crippen LogP contribution in [0, 0.1) is 0 Å². The highest BCUT2D eigenvalue weighted by molar-refractivity contribution is 6.74. The van der Waals surface area contributed by atoms with Gasteiger partial charge in [-0.3, -0.25) is 0 Å². The van der Waals surface area contributed by atoms with Crippen LogP contribution in [0.3, 0.4) is 0 Å². The van der Waals surface area contributed by atoms with Crippen LogP contribution in [-0.2, 0) is 4.43 Å². The summed E-state index contributed by atoms with van der Waals surface area (Å²) in [7, 11) is -1.56. The lowest BCUT2D eigenvalue weighted by molar-refractivity contribution is 0.159. The number of hydrogen-bond donors (Lipinski definition) is 0. The third-order valence-corrected chi connectivity index (χ3v) is 8.52. The molecule has 1 aliphatic carbocycles. The van der Waals surface area contributed by atoms with Crippen LogP contribution in [-0.4, -0.2) is 14.4 Å². The fraction of sp³-hybridized carbons (Fsp3) is 0.857. The van der Waals surface area contributed by atoms with Gasteiger partial charge >= 0.3 is 0 Å². The first kappa shape index (κ1) is 14.0. The minimum Gasteiger partial charge on any atom is -0.414 e. The molecule has 1 nitrogen and oxygen atoms in total. The van der Waals surface area contributed by atoms with Crippen molar-refractivity contribution >= 4 is 8.32 Å². The van der Waals surface area contributed by atoms with E-state index in [0.29, 0.717) is 11.1 Å². The van der Waals surface area contributed by atoms with Crippen molar-refractivity contribution in [2.24, 2.45) is 0 Å². The first-order valence-electron chi connectivity index (χ1n) is 6.66. The van der Waals surface area contributed by atoms with Gasteiger partial charge in [0.05, 0.1) is 0 Å². The van der Waals surface area contributed by atoms with Crippen LogP contribution in [0.2, 0.25) is 18.1 Å². The SMILES string of the molecule is CC(C)(C)[Si](C)(C)OC1CC/C=C\CCC1. The summed E-state index contributed by atoms with van der Waals surface area (Å²) in [5.41, 5.74) is 0. The molecule has 0 radical (unpaired) electrons. The lowest BCUT2D eigenvalue weighted by atomic mass is 10.0. The number of hydrogen-bond acceptors (Lipinski definition) is 1. The van der Waals surface area contributed by atoms with E-state index in [-0.39, 0.29) is 0 Å². The summed E-state index contributed by atoms with van der Waals surface area (Å²) in [6, 6.07) is 0. The van der Waals surface area contributed by atoms with Gasteiger partial charge in [0.25, 0.3) is 0 Å². The summed E-state index contributed by atoms with van der Waals surface area (Å²) in [5, 5.41) is 0.338. The Morgan fingerprint density at radius 3 is 2.31 bits per heavy atom. The molecular weight excluding hydrogens is 212 g/mol. The summed E-state index contributed by atoms with van der Waals surface area (Å²) in [5.74, 6) is 0. The topological polar surface area (TPSA) is 9.23 Å². The summed E-state index contributed by atoms with van der Waals surface area (Å²) in [6.07, 6.45) is 11.3. The van der Waals surface area contributed by atoms with Gasteiger partial charge in [0.2, 0.25) is 0 Å². The highest BCUT2D eigenvalue weighted by Gasteiger charge is 2.38. The summed E-state index contributed by atoms with van der Waals surface area (Å²) in [6.45, 7) is 11.7. The average Bonchev–Trinajstić information content (AvgIpc) is 2.07. The van der Waals surface area contributed by atoms with Gasteiger partial charge in [-0.25, -0.2) is 0 Å². The van der Waals surface area contributed by atoms with Crippen molar-refractivity contribution in [3.05, 3.63) is 12.2 Å². The number of rotatable bonds is 2. The monoisotopic (exact) mass is 240 g/mol. The highest BCUT2D eigenvalue weighted by atomic mass is 28.4. The van der Waals surface area contributed by atoms with Gasteiger partial charge in [0.1, 0.15) is 0 Å². The molecule has 0 aromatic rings. The Morgan fingerprint density at radius 2 is 1.69 bits per heavy atom. The van der Waals surface area contributed by atoms with Gasteiger partial charge in [0.15, 0.2) is 8.32 Å². The molecule has 1 rings (SSSR count). The Balaban J connectivity index is 2.55. The molecule has 0 fully saturated rings. The van der Waals surface area contributed by atoms with Gasteiger partial charge in [-0.1, -0.05) is 32.9 Å². The maximum absolute atomic E-state index is 6.48. The molecule has 0 saturated carbocycles. The molecule has 0 bridgehead atoms. The second-order valence-electron chi connectivity index (χ2n) is 6.48. The van der Waals surface area contributed by atoms with Crippen molar-refractivity contribution in [1.29, 1.82) is 0 Å². The zero-order valence-electron chi connectivity index (χ0n) is 11.7. The predicted octanol–water partition coefficient (Wildman–Crippen LogP) is 4.90. The van der Waals surface area contributed by atoms with E-state index in [0.717, 1.165) is 0 Å². The van der Waals surface area contributed by atoms with E-state index in [1.54, 1.807) is 0 Å². The van der Waals surface area contributed by atoms with Gasteiger partial charge in [-0.15, -0.1) is 0 Å².